The second-order valence-corrected chi connectivity index (χ2v) is 9.43. The summed E-state index contributed by atoms with van der Waals surface area (Å²) >= 11 is 0. The molecule has 0 bridgehead atoms. The molecule has 0 saturated carbocycles. The van der Waals surface area contributed by atoms with Crippen molar-refractivity contribution in [2.75, 3.05) is 44.8 Å². The molecule has 4 rings (SSSR count). The Morgan fingerprint density at radius 2 is 1.88 bits per heavy atom. The summed E-state index contributed by atoms with van der Waals surface area (Å²) in [7, 11) is 0. The number of carbonyl (C=O) groups excluding carboxylic acids is 1. The minimum atomic E-state index is -0.715. The second-order valence-electron chi connectivity index (χ2n) is 9.43. The summed E-state index contributed by atoms with van der Waals surface area (Å²) in [5.74, 6) is 1.22. The van der Waals surface area contributed by atoms with Crippen molar-refractivity contribution in [2.45, 2.75) is 44.4 Å². The van der Waals surface area contributed by atoms with Crippen LogP contribution in [0.1, 0.15) is 44.6 Å². The number of benzene rings is 2. The van der Waals surface area contributed by atoms with Gasteiger partial charge in [-0.05, 0) is 86.5 Å². The van der Waals surface area contributed by atoms with Gasteiger partial charge in [0.05, 0.1) is 12.0 Å². The van der Waals surface area contributed by atoms with E-state index in [0.717, 1.165) is 35.9 Å². The van der Waals surface area contributed by atoms with Gasteiger partial charge in [-0.3, -0.25) is 4.79 Å². The molecular weight excluding hydrogens is 419 g/mol. The molecule has 0 spiro atoms. The molecule has 2 heterocycles. The maximum absolute atomic E-state index is 13.4. The Balaban J connectivity index is 1.31. The fourth-order valence-electron chi connectivity index (χ4n) is 4.99. The van der Waals surface area contributed by atoms with Crippen LogP contribution in [-0.2, 0) is 14.9 Å². The highest BCUT2D eigenvalue weighted by Crippen LogP contribution is 2.36. The zero-order chi connectivity index (χ0) is 23.1. The maximum Gasteiger partial charge on any atom is 0.235 e. The number of amides is 1. The number of ether oxygens (including phenoxy) is 2. The standard InChI is InChI=1S/C27H35FN2O3/c1-21-4-2-15-30(20-21)16-3-17-33-25-11-9-24(10-12-25)29-26(31)27(13-18-32-19-14-27)22-5-7-23(28)8-6-22/h5-12,21H,2-4,13-20H2,1H3,(H,29,31)/t21-/m0/s1. The largest absolute Gasteiger partial charge is 0.494 e. The fraction of sp³-hybridized carbons (Fsp3) is 0.519. The third kappa shape index (κ3) is 6.12. The predicted molar refractivity (Wildman–Crippen MR) is 128 cm³/mol. The topological polar surface area (TPSA) is 50.8 Å². The van der Waals surface area contributed by atoms with Crippen molar-refractivity contribution < 1.29 is 18.7 Å². The molecule has 0 radical (unpaired) electrons. The van der Waals surface area contributed by atoms with E-state index in [1.165, 1.54) is 38.1 Å². The summed E-state index contributed by atoms with van der Waals surface area (Å²) in [6, 6.07) is 13.8. The molecule has 33 heavy (non-hydrogen) atoms. The van der Waals surface area contributed by atoms with Crippen molar-refractivity contribution in [1.82, 2.24) is 4.90 Å². The molecule has 178 valence electrons. The van der Waals surface area contributed by atoms with Crippen molar-refractivity contribution in [3.63, 3.8) is 0 Å². The maximum atomic E-state index is 13.4. The molecule has 2 fully saturated rings. The van der Waals surface area contributed by atoms with E-state index in [9.17, 15) is 9.18 Å². The lowest BCUT2D eigenvalue weighted by molar-refractivity contribution is -0.125. The van der Waals surface area contributed by atoms with E-state index in [1.807, 2.05) is 24.3 Å². The number of halogens is 1. The number of carbonyl (C=O) groups is 1. The van der Waals surface area contributed by atoms with Crippen molar-refractivity contribution >= 4 is 11.6 Å². The van der Waals surface area contributed by atoms with Crippen molar-refractivity contribution in [2.24, 2.45) is 5.92 Å². The molecule has 2 aromatic rings. The molecule has 1 N–H and O–H groups in total. The highest BCUT2D eigenvalue weighted by atomic mass is 19.1. The van der Waals surface area contributed by atoms with Crippen LogP contribution in [-0.4, -0.2) is 50.3 Å². The molecule has 2 aliphatic rings. The Bertz CT molecular complexity index is 895. The Morgan fingerprint density at radius 1 is 1.15 bits per heavy atom. The molecule has 5 nitrogen and oxygen atoms in total. The SMILES string of the molecule is C[C@H]1CCCN(CCCOc2ccc(NC(=O)C3(c4ccc(F)cc4)CCOCC3)cc2)C1. The smallest absolute Gasteiger partial charge is 0.235 e. The lowest BCUT2D eigenvalue weighted by Crippen LogP contribution is -2.44. The first-order valence-corrected chi connectivity index (χ1v) is 12.2. The number of likely N-dealkylation sites (tertiary alicyclic amines) is 1. The molecule has 2 aliphatic heterocycles. The Morgan fingerprint density at radius 3 is 2.58 bits per heavy atom. The third-order valence-corrected chi connectivity index (χ3v) is 6.92. The van der Waals surface area contributed by atoms with Crippen LogP contribution in [0.3, 0.4) is 0 Å². The highest BCUT2D eigenvalue weighted by Gasteiger charge is 2.41. The average Bonchev–Trinajstić information content (AvgIpc) is 2.84. The first-order valence-electron chi connectivity index (χ1n) is 12.2. The Hall–Kier alpha value is -2.44. The van der Waals surface area contributed by atoms with E-state index in [2.05, 4.69) is 17.1 Å². The van der Waals surface area contributed by atoms with Gasteiger partial charge in [0.25, 0.3) is 0 Å². The predicted octanol–water partition coefficient (Wildman–Crippen LogP) is 5.01. The van der Waals surface area contributed by atoms with E-state index < -0.39 is 5.41 Å². The van der Waals surface area contributed by atoms with Crippen molar-refractivity contribution in [3.8, 4) is 5.75 Å². The van der Waals surface area contributed by atoms with E-state index in [0.29, 0.717) is 32.7 Å². The summed E-state index contributed by atoms with van der Waals surface area (Å²) in [6.07, 6.45) is 4.79. The van der Waals surface area contributed by atoms with E-state index in [1.54, 1.807) is 12.1 Å². The van der Waals surface area contributed by atoms with Gasteiger partial charge >= 0.3 is 0 Å². The van der Waals surface area contributed by atoms with Gasteiger partial charge in [-0.2, -0.15) is 0 Å². The van der Waals surface area contributed by atoms with Crippen LogP contribution in [0.2, 0.25) is 0 Å². The molecule has 6 heteroatoms. The third-order valence-electron chi connectivity index (χ3n) is 6.92. The number of hydrogen-bond acceptors (Lipinski definition) is 4. The molecule has 0 aliphatic carbocycles. The van der Waals surface area contributed by atoms with Crippen molar-refractivity contribution in [1.29, 1.82) is 0 Å². The van der Waals surface area contributed by atoms with Gasteiger partial charge in [-0.25, -0.2) is 4.39 Å². The Kier molecular flexibility index (Phi) is 7.99. The normalized spacial score (nSPS) is 20.8. The van der Waals surface area contributed by atoms with E-state index in [4.69, 9.17) is 9.47 Å². The van der Waals surface area contributed by atoms with Crippen LogP contribution < -0.4 is 10.1 Å². The quantitative estimate of drug-likeness (QED) is 0.570. The molecule has 1 atom stereocenters. The van der Waals surface area contributed by atoms with Crippen LogP contribution in [0.25, 0.3) is 0 Å². The summed E-state index contributed by atoms with van der Waals surface area (Å²) in [6.45, 7) is 7.50. The number of anilines is 1. The summed E-state index contributed by atoms with van der Waals surface area (Å²) < 4.78 is 24.9. The van der Waals surface area contributed by atoms with Crippen LogP contribution in [0.5, 0.6) is 5.75 Å². The number of piperidine rings is 1. The molecule has 1 amide bonds. The van der Waals surface area contributed by atoms with Gasteiger partial charge < -0.3 is 19.7 Å². The first kappa shape index (κ1) is 23.7. The van der Waals surface area contributed by atoms with Crippen LogP contribution in [0, 0.1) is 11.7 Å². The van der Waals surface area contributed by atoms with Gasteiger partial charge in [0.2, 0.25) is 5.91 Å². The van der Waals surface area contributed by atoms with Gasteiger partial charge in [0, 0.05) is 32.0 Å². The zero-order valence-corrected chi connectivity index (χ0v) is 19.5. The lowest BCUT2D eigenvalue weighted by Gasteiger charge is -2.36. The minimum Gasteiger partial charge on any atom is -0.494 e. The van der Waals surface area contributed by atoms with Gasteiger partial charge in [-0.15, -0.1) is 0 Å². The van der Waals surface area contributed by atoms with E-state index >= 15 is 0 Å². The molecular formula is C27H35FN2O3. The summed E-state index contributed by atoms with van der Waals surface area (Å²) in [5, 5.41) is 3.06. The molecule has 2 saturated heterocycles. The van der Waals surface area contributed by atoms with Gasteiger partial charge in [-0.1, -0.05) is 19.1 Å². The monoisotopic (exact) mass is 454 g/mol. The Labute approximate surface area is 196 Å². The molecule has 2 aromatic carbocycles. The number of nitrogens with one attached hydrogen (secondary N) is 1. The summed E-state index contributed by atoms with van der Waals surface area (Å²) in [4.78, 5) is 15.9. The molecule has 0 aromatic heterocycles. The van der Waals surface area contributed by atoms with Crippen LogP contribution >= 0.6 is 0 Å². The lowest BCUT2D eigenvalue weighted by atomic mass is 9.73. The number of nitrogens with zero attached hydrogens (tertiary/aromatic N) is 1. The average molecular weight is 455 g/mol. The second kappa shape index (κ2) is 11.1. The van der Waals surface area contributed by atoms with Gasteiger partial charge in [0.1, 0.15) is 11.6 Å². The fourth-order valence-corrected chi connectivity index (χ4v) is 4.99. The minimum absolute atomic E-state index is 0.0816. The van der Waals surface area contributed by atoms with Crippen LogP contribution in [0.15, 0.2) is 48.5 Å². The van der Waals surface area contributed by atoms with Crippen LogP contribution in [0.4, 0.5) is 10.1 Å². The van der Waals surface area contributed by atoms with E-state index in [-0.39, 0.29) is 11.7 Å². The van der Waals surface area contributed by atoms with Crippen molar-refractivity contribution in [3.05, 3.63) is 59.9 Å². The first-order chi connectivity index (χ1) is 16.0. The number of rotatable bonds is 8. The highest BCUT2D eigenvalue weighted by molar-refractivity contribution is 5.99. The zero-order valence-electron chi connectivity index (χ0n) is 19.5. The molecule has 0 unspecified atom stereocenters. The van der Waals surface area contributed by atoms with Gasteiger partial charge in [0.15, 0.2) is 0 Å². The summed E-state index contributed by atoms with van der Waals surface area (Å²) in [5.41, 5.74) is 0.836. The number of hydrogen-bond donors (Lipinski definition) is 1.